The molecule has 0 spiro atoms. The van der Waals surface area contributed by atoms with Crippen molar-refractivity contribution >= 4 is 30.2 Å². The van der Waals surface area contributed by atoms with Crippen molar-refractivity contribution in [1.29, 1.82) is 0 Å². The molecule has 82 valence electrons. The van der Waals surface area contributed by atoms with Crippen LogP contribution in [0.15, 0.2) is 24.3 Å². The van der Waals surface area contributed by atoms with E-state index in [1.807, 2.05) is 31.1 Å². The van der Waals surface area contributed by atoms with E-state index in [0.29, 0.717) is 0 Å². The molecular weight excluding hydrogens is 210 g/mol. The van der Waals surface area contributed by atoms with E-state index >= 15 is 0 Å². The van der Waals surface area contributed by atoms with Gasteiger partial charge < -0.3 is 14.8 Å². The third kappa shape index (κ3) is 5.80. The van der Waals surface area contributed by atoms with Crippen molar-refractivity contribution in [2.75, 3.05) is 11.9 Å². The zero-order valence-electron chi connectivity index (χ0n) is 8.73. The minimum Gasteiger partial charge on any atom is -0.494 e. The van der Waals surface area contributed by atoms with Gasteiger partial charge in [-0.05, 0) is 30.7 Å². The third-order valence-electron chi connectivity index (χ3n) is 1.55. The molecule has 1 aromatic rings. The molecule has 0 amide bonds. The fourth-order valence-electron chi connectivity index (χ4n) is 0.935. The minimum atomic E-state index is 0.764. The number of hydrogen-bond donors (Lipinski definition) is 1. The van der Waals surface area contributed by atoms with Gasteiger partial charge in [-0.15, -0.1) is 0 Å². The van der Waals surface area contributed by atoms with Gasteiger partial charge in [0.25, 0.3) is 0 Å². The van der Waals surface area contributed by atoms with Crippen molar-refractivity contribution in [2.45, 2.75) is 13.3 Å². The number of thiocarbonyl (C=S) groups is 1. The molecular formula is C11H15NO2S. The molecule has 0 bridgehead atoms. The van der Waals surface area contributed by atoms with Gasteiger partial charge >= 0.3 is 0 Å². The molecule has 0 radical (unpaired) electrons. The smallest absolute Gasteiger partial charge is 0.119 e. The van der Waals surface area contributed by atoms with Gasteiger partial charge in [-0.2, -0.15) is 0 Å². The Morgan fingerprint density at radius 2 is 2.00 bits per heavy atom. The maximum absolute atomic E-state index is 8.00. The second-order valence-electron chi connectivity index (χ2n) is 2.64. The second-order valence-corrected chi connectivity index (χ2v) is 2.87. The van der Waals surface area contributed by atoms with Crippen LogP contribution in [0.4, 0.5) is 5.69 Å². The Bertz CT molecular complexity index is 274. The van der Waals surface area contributed by atoms with Crippen molar-refractivity contribution in [3.05, 3.63) is 24.3 Å². The summed E-state index contributed by atoms with van der Waals surface area (Å²) in [4.78, 5) is 8.00. The van der Waals surface area contributed by atoms with E-state index in [2.05, 4.69) is 24.5 Å². The maximum atomic E-state index is 8.00. The van der Waals surface area contributed by atoms with E-state index in [-0.39, 0.29) is 0 Å². The molecule has 1 aromatic carbocycles. The van der Waals surface area contributed by atoms with Crippen LogP contribution in [0, 0.1) is 0 Å². The fourth-order valence-corrected chi connectivity index (χ4v) is 1.07. The van der Waals surface area contributed by atoms with Crippen LogP contribution >= 0.6 is 12.2 Å². The lowest BCUT2D eigenvalue weighted by molar-refractivity contribution is -0.0979. The van der Waals surface area contributed by atoms with Crippen LogP contribution in [-0.4, -0.2) is 18.9 Å². The lowest BCUT2D eigenvalue weighted by Gasteiger charge is -2.05. The highest BCUT2D eigenvalue weighted by atomic mass is 32.1. The van der Waals surface area contributed by atoms with Crippen molar-refractivity contribution in [3.63, 3.8) is 0 Å². The van der Waals surface area contributed by atoms with Crippen LogP contribution in [0.5, 0.6) is 5.75 Å². The summed E-state index contributed by atoms with van der Waals surface area (Å²) in [6, 6.07) is 7.73. The number of anilines is 1. The Hall–Kier alpha value is -1.42. The zero-order valence-corrected chi connectivity index (χ0v) is 9.55. The van der Waals surface area contributed by atoms with E-state index in [1.54, 1.807) is 0 Å². The first-order chi connectivity index (χ1) is 7.36. The molecule has 0 fully saturated rings. The predicted molar refractivity (Wildman–Crippen MR) is 66.6 cm³/mol. The standard InChI is InChI=1S/C10H13NOS.CH2O/c1-2-7-12-10-5-3-9(4-6-10)11-8-13;1-2/h3-6,8H,2,7H2,1H3,(H,11,13);1H2. The molecule has 1 N–H and O–H groups in total. The summed E-state index contributed by atoms with van der Waals surface area (Å²) in [5.74, 6) is 0.900. The molecule has 0 unspecified atom stereocenters. The first-order valence-electron chi connectivity index (χ1n) is 4.58. The minimum absolute atomic E-state index is 0.764. The summed E-state index contributed by atoms with van der Waals surface area (Å²) >= 11 is 4.67. The van der Waals surface area contributed by atoms with E-state index in [4.69, 9.17) is 9.53 Å². The summed E-state index contributed by atoms with van der Waals surface area (Å²) in [7, 11) is 0. The zero-order chi connectivity index (χ0) is 11.5. The Labute approximate surface area is 95.4 Å². The molecule has 3 nitrogen and oxygen atoms in total. The molecule has 0 atom stereocenters. The largest absolute Gasteiger partial charge is 0.494 e. The summed E-state index contributed by atoms with van der Waals surface area (Å²) in [6.45, 7) is 4.85. The normalized spacial score (nSPS) is 8.33. The quantitative estimate of drug-likeness (QED) is 0.782. The van der Waals surface area contributed by atoms with Crippen LogP contribution in [-0.2, 0) is 4.79 Å². The molecule has 4 heteroatoms. The molecule has 0 aromatic heterocycles. The Morgan fingerprint density at radius 3 is 2.47 bits per heavy atom. The molecule has 0 saturated heterocycles. The van der Waals surface area contributed by atoms with Gasteiger partial charge in [-0.1, -0.05) is 19.1 Å². The van der Waals surface area contributed by atoms with Crippen LogP contribution in [0.2, 0.25) is 0 Å². The molecule has 0 aliphatic heterocycles. The Morgan fingerprint density at radius 1 is 1.40 bits per heavy atom. The molecule has 15 heavy (non-hydrogen) atoms. The predicted octanol–water partition coefficient (Wildman–Crippen LogP) is 2.66. The lowest BCUT2D eigenvalue weighted by Crippen LogP contribution is -1.95. The molecule has 0 heterocycles. The highest BCUT2D eigenvalue weighted by Gasteiger charge is 1.92. The van der Waals surface area contributed by atoms with E-state index < -0.39 is 0 Å². The van der Waals surface area contributed by atoms with Gasteiger partial charge in [0.2, 0.25) is 0 Å². The second kappa shape index (κ2) is 9.15. The molecule has 0 aliphatic rings. The number of nitrogens with one attached hydrogen (secondary N) is 1. The first-order valence-corrected chi connectivity index (χ1v) is 5.06. The topological polar surface area (TPSA) is 38.3 Å². The van der Waals surface area contributed by atoms with Crippen LogP contribution in [0.1, 0.15) is 13.3 Å². The summed E-state index contributed by atoms with van der Waals surface area (Å²) in [5.41, 5.74) is 2.47. The third-order valence-corrected chi connectivity index (χ3v) is 1.67. The van der Waals surface area contributed by atoms with E-state index in [1.165, 1.54) is 5.49 Å². The SMILES string of the molecule is C=O.CCCOc1ccc(NC=S)cc1. The lowest BCUT2D eigenvalue weighted by atomic mass is 10.3. The number of hydrogen-bond acceptors (Lipinski definition) is 3. The highest BCUT2D eigenvalue weighted by Crippen LogP contribution is 2.15. The van der Waals surface area contributed by atoms with Crippen LogP contribution in [0.25, 0.3) is 0 Å². The van der Waals surface area contributed by atoms with Gasteiger partial charge in [0.15, 0.2) is 0 Å². The first kappa shape index (κ1) is 13.6. The van der Waals surface area contributed by atoms with Crippen molar-refractivity contribution in [1.82, 2.24) is 0 Å². The summed E-state index contributed by atoms with van der Waals surface area (Å²) in [5, 5.41) is 2.93. The number of rotatable bonds is 5. The summed E-state index contributed by atoms with van der Waals surface area (Å²) in [6.07, 6.45) is 1.03. The highest BCUT2D eigenvalue weighted by molar-refractivity contribution is 7.79. The molecule has 0 saturated carbocycles. The Balaban J connectivity index is 0.000000921. The fraction of sp³-hybridized carbons (Fsp3) is 0.273. The van der Waals surface area contributed by atoms with Gasteiger partial charge in [-0.25, -0.2) is 0 Å². The molecule has 0 aliphatic carbocycles. The average molecular weight is 225 g/mol. The van der Waals surface area contributed by atoms with Crippen molar-refractivity contribution in [3.8, 4) is 5.75 Å². The summed E-state index contributed by atoms with van der Waals surface area (Å²) < 4.78 is 5.42. The van der Waals surface area contributed by atoms with Crippen LogP contribution < -0.4 is 10.1 Å². The van der Waals surface area contributed by atoms with Gasteiger partial charge in [0.1, 0.15) is 12.5 Å². The van der Waals surface area contributed by atoms with Crippen LogP contribution in [0.3, 0.4) is 0 Å². The number of carbonyl (C=O) groups is 1. The number of ether oxygens (including phenoxy) is 1. The average Bonchev–Trinajstić information content (AvgIpc) is 2.31. The van der Waals surface area contributed by atoms with E-state index in [9.17, 15) is 0 Å². The maximum Gasteiger partial charge on any atom is 0.119 e. The number of carbonyl (C=O) groups excluding carboxylic acids is 1. The van der Waals surface area contributed by atoms with Gasteiger partial charge in [0.05, 0.1) is 12.1 Å². The van der Waals surface area contributed by atoms with E-state index in [0.717, 1.165) is 24.5 Å². The van der Waals surface area contributed by atoms with Crippen molar-refractivity contribution in [2.24, 2.45) is 0 Å². The van der Waals surface area contributed by atoms with Crippen molar-refractivity contribution < 1.29 is 9.53 Å². The Kier molecular flexibility index (Phi) is 8.28. The number of benzene rings is 1. The van der Waals surface area contributed by atoms with Gasteiger partial charge in [0, 0.05) is 5.69 Å². The van der Waals surface area contributed by atoms with Gasteiger partial charge in [-0.3, -0.25) is 0 Å². The molecule has 1 rings (SSSR count). The monoisotopic (exact) mass is 225 g/mol.